The average molecular weight is 262 g/mol. The Morgan fingerprint density at radius 1 is 1.44 bits per heavy atom. The number of hydrogen-bond acceptors (Lipinski definition) is 3. The highest BCUT2D eigenvalue weighted by atomic mass is 35.5. The third-order valence-corrected chi connectivity index (χ3v) is 3.28. The number of aldehydes is 1. The Labute approximate surface area is 110 Å². The lowest BCUT2D eigenvalue weighted by Crippen LogP contribution is -2.18. The molecule has 1 aromatic carbocycles. The summed E-state index contributed by atoms with van der Waals surface area (Å²) in [7, 11) is 0. The van der Waals surface area contributed by atoms with Gasteiger partial charge < -0.3 is 9.88 Å². The third kappa shape index (κ3) is 1.78. The Morgan fingerprint density at radius 3 is 3.11 bits per heavy atom. The van der Waals surface area contributed by atoms with Crippen molar-refractivity contribution in [1.82, 2.24) is 9.55 Å². The van der Waals surface area contributed by atoms with Crippen LogP contribution in [0.25, 0.3) is 11.4 Å². The summed E-state index contributed by atoms with van der Waals surface area (Å²) >= 11 is 6.00. The van der Waals surface area contributed by atoms with E-state index in [1.807, 2.05) is 28.8 Å². The fourth-order valence-corrected chi connectivity index (χ4v) is 2.44. The number of benzene rings is 1. The number of carbonyl (C=O) groups is 1. The zero-order chi connectivity index (χ0) is 12.5. The van der Waals surface area contributed by atoms with Crippen molar-refractivity contribution in [3.8, 4) is 11.4 Å². The van der Waals surface area contributed by atoms with E-state index in [1.54, 1.807) is 0 Å². The Kier molecular flexibility index (Phi) is 2.80. The van der Waals surface area contributed by atoms with E-state index in [0.717, 1.165) is 43.0 Å². The highest BCUT2D eigenvalue weighted by Gasteiger charge is 2.20. The van der Waals surface area contributed by atoms with Gasteiger partial charge >= 0.3 is 0 Å². The van der Waals surface area contributed by atoms with Crippen molar-refractivity contribution in [2.24, 2.45) is 0 Å². The van der Waals surface area contributed by atoms with Crippen LogP contribution in [0.5, 0.6) is 0 Å². The average Bonchev–Trinajstić information content (AvgIpc) is 2.77. The number of imidazole rings is 1. The molecule has 2 heterocycles. The van der Waals surface area contributed by atoms with Gasteiger partial charge in [-0.2, -0.15) is 0 Å². The molecule has 0 saturated carbocycles. The second kappa shape index (κ2) is 4.46. The summed E-state index contributed by atoms with van der Waals surface area (Å²) in [5.41, 5.74) is 1.39. The van der Waals surface area contributed by atoms with Crippen molar-refractivity contribution >= 4 is 23.7 Å². The SMILES string of the molecule is O=Cc1nc(-c2cccc(Cl)c2)n2c1NCCC2. The number of nitrogens with one attached hydrogen (secondary N) is 1. The molecule has 92 valence electrons. The first kappa shape index (κ1) is 11.3. The molecule has 1 aliphatic heterocycles. The Hall–Kier alpha value is -1.81. The molecule has 1 N–H and O–H groups in total. The first-order valence-corrected chi connectivity index (χ1v) is 6.23. The molecule has 1 aromatic heterocycles. The standard InChI is InChI=1S/C13H12ClN3O/c14-10-4-1-3-9(7-10)12-16-11(8-18)13-15-5-2-6-17(12)13/h1,3-4,7-8,15H,2,5-6H2. The zero-order valence-electron chi connectivity index (χ0n) is 9.69. The predicted octanol–water partition coefficient (Wildman–Crippen LogP) is 2.83. The largest absolute Gasteiger partial charge is 0.369 e. The second-order valence-electron chi connectivity index (χ2n) is 4.23. The van der Waals surface area contributed by atoms with E-state index in [9.17, 15) is 4.79 Å². The van der Waals surface area contributed by atoms with Gasteiger partial charge in [0.25, 0.3) is 0 Å². The van der Waals surface area contributed by atoms with Crippen LogP contribution in [0, 0.1) is 0 Å². The number of nitrogens with zero attached hydrogens (tertiary/aromatic N) is 2. The van der Waals surface area contributed by atoms with Crippen molar-refractivity contribution in [1.29, 1.82) is 0 Å². The van der Waals surface area contributed by atoms with E-state index in [4.69, 9.17) is 11.6 Å². The van der Waals surface area contributed by atoms with E-state index >= 15 is 0 Å². The fraction of sp³-hybridized carbons (Fsp3) is 0.231. The maximum Gasteiger partial charge on any atom is 0.172 e. The molecular weight excluding hydrogens is 250 g/mol. The summed E-state index contributed by atoms with van der Waals surface area (Å²) in [6.07, 6.45) is 1.81. The van der Waals surface area contributed by atoms with Gasteiger partial charge in [-0.05, 0) is 18.6 Å². The molecule has 0 saturated heterocycles. The van der Waals surface area contributed by atoms with Crippen molar-refractivity contribution in [2.75, 3.05) is 11.9 Å². The topological polar surface area (TPSA) is 46.9 Å². The lowest BCUT2D eigenvalue weighted by Gasteiger charge is -2.18. The molecule has 1 aliphatic rings. The second-order valence-corrected chi connectivity index (χ2v) is 4.67. The Balaban J connectivity index is 2.17. The van der Waals surface area contributed by atoms with Crippen LogP contribution in [-0.2, 0) is 6.54 Å². The minimum Gasteiger partial charge on any atom is -0.369 e. The molecule has 0 aliphatic carbocycles. The molecule has 0 fully saturated rings. The van der Waals surface area contributed by atoms with Crippen LogP contribution in [0.4, 0.5) is 5.82 Å². The van der Waals surface area contributed by atoms with Gasteiger partial charge in [-0.3, -0.25) is 4.79 Å². The van der Waals surface area contributed by atoms with Gasteiger partial charge in [-0.15, -0.1) is 0 Å². The lowest BCUT2D eigenvalue weighted by atomic mass is 10.2. The maximum absolute atomic E-state index is 11.0. The fourth-order valence-electron chi connectivity index (χ4n) is 2.25. The van der Waals surface area contributed by atoms with Crippen molar-refractivity contribution in [3.05, 3.63) is 35.0 Å². The third-order valence-electron chi connectivity index (χ3n) is 3.04. The minimum absolute atomic E-state index is 0.463. The molecule has 0 atom stereocenters. The Bertz CT molecular complexity index is 606. The summed E-state index contributed by atoms with van der Waals surface area (Å²) in [5, 5.41) is 3.89. The van der Waals surface area contributed by atoms with Gasteiger partial charge in [-0.25, -0.2) is 4.98 Å². The van der Waals surface area contributed by atoms with Crippen LogP contribution >= 0.6 is 11.6 Å². The normalized spacial score (nSPS) is 13.8. The van der Waals surface area contributed by atoms with Gasteiger partial charge in [0.05, 0.1) is 0 Å². The quantitative estimate of drug-likeness (QED) is 0.846. The first-order valence-electron chi connectivity index (χ1n) is 5.85. The van der Waals surface area contributed by atoms with E-state index in [0.29, 0.717) is 10.7 Å². The number of hydrogen-bond donors (Lipinski definition) is 1. The lowest BCUT2D eigenvalue weighted by molar-refractivity contribution is 0.112. The molecular formula is C13H12ClN3O. The van der Waals surface area contributed by atoms with E-state index in [1.165, 1.54) is 0 Å². The van der Waals surface area contributed by atoms with Gasteiger partial charge in [0, 0.05) is 23.7 Å². The van der Waals surface area contributed by atoms with Gasteiger partial charge in [0.2, 0.25) is 0 Å². The van der Waals surface area contributed by atoms with Crippen LogP contribution in [0.2, 0.25) is 5.02 Å². The molecule has 0 unspecified atom stereocenters. The van der Waals surface area contributed by atoms with Gasteiger partial charge in [0.1, 0.15) is 17.3 Å². The van der Waals surface area contributed by atoms with E-state index in [2.05, 4.69) is 10.3 Å². The van der Waals surface area contributed by atoms with Crippen LogP contribution in [0.3, 0.4) is 0 Å². The summed E-state index contributed by atoms with van der Waals surface area (Å²) in [4.78, 5) is 15.4. The highest BCUT2D eigenvalue weighted by molar-refractivity contribution is 6.30. The van der Waals surface area contributed by atoms with Crippen molar-refractivity contribution < 1.29 is 4.79 Å². The van der Waals surface area contributed by atoms with Gasteiger partial charge in [-0.1, -0.05) is 23.7 Å². The first-order chi connectivity index (χ1) is 8.79. The molecule has 5 heteroatoms. The molecule has 18 heavy (non-hydrogen) atoms. The number of carbonyl (C=O) groups excluding carboxylic acids is 1. The van der Waals surface area contributed by atoms with E-state index < -0.39 is 0 Å². The molecule has 0 amide bonds. The number of fused-ring (bicyclic) bond motifs is 1. The summed E-state index contributed by atoms with van der Waals surface area (Å²) in [6.45, 7) is 1.74. The molecule has 0 spiro atoms. The molecule has 2 aromatic rings. The molecule has 0 radical (unpaired) electrons. The number of aromatic nitrogens is 2. The van der Waals surface area contributed by atoms with Crippen LogP contribution in [0.15, 0.2) is 24.3 Å². The smallest absolute Gasteiger partial charge is 0.172 e. The molecule has 0 bridgehead atoms. The predicted molar refractivity (Wildman–Crippen MR) is 71.2 cm³/mol. The summed E-state index contributed by atoms with van der Waals surface area (Å²) in [6, 6.07) is 7.52. The minimum atomic E-state index is 0.463. The highest BCUT2D eigenvalue weighted by Crippen LogP contribution is 2.29. The maximum atomic E-state index is 11.0. The van der Waals surface area contributed by atoms with Crippen molar-refractivity contribution in [3.63, 3.8) is 0 Å². The van der Waals surface area contributed by atoms with Crippen LogP contribution in [0.1, 0.15) is 16.9 Å². The van der Waals surface area contributed by atoms with Crippen molar-refractivity contribution in [2.45, 2.75) is 13.0 Å². The zero-order valence-corrected chi connectivity index (χ0v) is 10.4. The monoisotopic (exact) mass is 261 g/mol. The summed E-state index contributed by atoms with van der Waals surface area (Å²) < 4.78 is 2.04. The summed E-state index contributed by atoms with van der Waals surface area (Å²) in [5.74, 6) is 1.60. The van der Waals surface area contributed by atoms with Crippen LogP contribution in [-0.4, -0.2) is 22.4 Å². The van der Waals surface area contributed by atoms with Gasteiger partial charge in [0.15, 0.2) is 6.29 Å². The van der Waals surface area contributed by atoms with E-state index in [-0.39, 0.29) is 0 Å². The molecule has 4 nitrogen and oxygen atoms in total. The molecule has 3 rings (SSSR count). The number of rotatable bonds is 2. The Morgan fingerprint density at radius 2 is 2.33 bits per heavy atom. The number of halogens is 1. The number of anilines is 1. The van der Waals surface area contributed by atoms with Crippen LogP contribution < -0.4 is 5.32 Å².